The number of aromatic nitrogens is 4. The number of furan rings is 1. The van der Waals surface area contributed by atoms with Crippen molar-refractivity contribution in [1.82, 2.24) is 19.5 Å². The first-order chi connectivity index (χ1) is 15.2. The fourth-order valence-corrected chi connectivity index (χ4v) is 3.84. The quantitative estimate of drug-likeness (QED) is 0.506. The zero-order chi connectivity index (χ0) is 21.2. The highest BCUT2D eigenvalue weighted by atomic mass is 16.5. The average Bonchev–Trinajstić information content (AvgIpc) is 3.36. The number of hydrogen-bond acceptors (Lipinski definition) is 7. The third-order valence-electron chi connectivity index (χ3n) is 5.40. The number of nitrogens with zero attached hydrogens (tertiary/aromatic N) is 5. The predicted molar refractivity (Wildman–Crippen MR) is 116 cm³/mol. The van der Waals surface area contributed by atoms with Crippen molar-refractivity contribution in [3.05, 3.63) is 83.2 Å². The first kappa shape index (κ1) is 19.2. The summed E-state index contributed by atoms with van der Waals surface area (Å²) in [6.07, 6.45) is 4.56. The Balaban J connectivity index is 1.50. The second-order valence-corrected chi connectivity index (χ2v) is 7.30. The maximum absolute atomic E-state index is 12.6. The Morgan fingerprint density at radius 2 is 2.00 bits per heavy atom. The van der Waals surface area contributed by atoms with Crippen molar-refractivity contribution in [3.8, 4) is 22.7 Å². The van der Waals surface area contributed by atoms with Crippen molar-refractivity contribution < 1.29 is 9.15 Å². The van der Waals surface area contributed by atoms with Crippen LogP contribution in [-0.4, -0.2) is 39.2 Å². The van der Waals surface area contributed by atoms with E-state index in [0.29, 0.717) is 37.0 Å². The molecule has 1 saturated heterocycles. The highest BCUT2D eigenvalue weighted by molar-refractivity contribution is 5.63. The van der Waals surface area contributed by atoms with Gasteiger partial charge in [0.1, 0.15) is 18.2 Å². The molecule has 1 aliphatic rings. The van der Waals surface area contributed by atoms with Gasteiger partial charge >= 0.3 is 0 Å². The maximum Gasteiger partial charge on any atom is 0.255 e. The lowest BCUT2D eigenvalue weighted by Crippen LogP contribution is -2.41. The van der Waals surface area contributed by atoms with Crippen LogP contribution in [0.15, 0.2) is 76.5 Å². The van der Waals surface area contributed by atoms with Crippen molar-refractivity contribution in [3.63, 3.8) is 0 Å². The van der Waals surface area contributed by atoms with Crippen molar-refractivity contribution in [1.29, 1.82) is 0 Å². The molecule has 1 unspecified atom stereocenters. The van der Waals surface area contributed by atoms with Crippen LogP contribution in [0.2, 0.25) is 0 Å². The molecule has 0 aliphatic carbocycles. The van der Waals surface area contributed by atoms with E-state index < -0.39 is 0 Å². The molecule has 4 heterocycles. The standard InChI is InChI=1S/C23H21N5O3/c1-27-22(29)13-19(18-8-9-24-15-25-18)26-23(27)28-10-12-31-21(14-28)17-6-3-2-5-16(17)20-7-4-11-30-20/h2-9,11,13,15,21H,10,12,14H2,1H3. The van der Waals surface area contributed by atoms with E-state index in [2.05, 4.69) is 20.9 Å². The lowest BCUT2D eigenvalue weighted by molar-refractivity contribution is 0.0392. The molecule has 31 heavy (non-hydrogen) atoms. The largest absolute Gasteiger partial charge is 0.464 e. The number of morpholine rings is 1. The summed E-state index contributed by atoms with van der Waals surface area (Å²) < 4.78 is 13.3. The number of benzene rings is 1. The number of rotatable bonds is 4. The van der Waals surface area contributed by atoms with Crippen LogP contribution in [0.1, 0.15) is 11.7 Å². The fourth-order valence-electron chi connectivity index (χ4n) is 3.84. The van der Waals surface area contributed by atoms with Crippen LogP contribution < -0.4 is 10.5 Å². The van der Waals surface area contributed by atoms with Crippen LogP contribution in [0.25, 0.3) is 22.7 Å². The Labute approximate surface area is 178 Å². The van der Waals surface area contributed by atoms with E-state index in [1.807, 2.05) is 30.3 Å². The molecule has 0 N–H and O–H groups in total. The Kier molecular flexibility index (Phi) is 5.05. The van der Waals surface area contributed by atoms with Crippen LogP contribution in [-0.2, 0) is 11.8 Å². The minimum absolute atomic E-state index is 0.141. The first-order valence-corrected chi connectivity index (χ1v) is 10.0. The summed E-state index contributed by atoms with van der Waals surface area (Å²) in [6.45, 7) is 1.71. The molecule has 0 spiro atoms. The first-order valence-electron chi connectivity index (χ1n) is 10.0. The van der Waals surface area contributed by atoms with Gasteiger partial charge in [0, 0.05) is 31.4 Å². The molecule has 1 fully saturated rings. The Morgan fingerprint density at radius 1 is 1.10 bits per heavy atom. The van der Waals surface area contributed by atoms with Crippen molar-refractivity contribution >= 4 is 5.95 Å². The van der Waals surface area contributed by atoms with Gasteiger partial charge in [-0.3, -0.25) is 9.36 Å². The Bertz CT molecular complexity index is 1240. The van der Waals surface area contributed by atoms with Crippen LogP contribution >= 0.6 is 0 Å². The highest BCUT2D eigenvalue weighted by Gasteiger charge is 2.27. The zero-order valence-corrected chi connectivity index (χ0v) is 17.0. The average molecular weight is 415 g/mol. The lowest BCUT2D eigenvalue weighted by atomic mass is 9.99. The third kappa shape index (κ3) is 3.73. The van der Waals surface area contributed by atoms with Crippen LogP contribution in [0.4, 0.5) is 5.95 Å². The molecule has 0 radical (unpaired) electrons. The Hall–Kier alpha value is -3.78. The van der Waals surface area contributed by atoms with Gasteiger partial charge < -0.3 is 14.1 Å². The fraction of sp³-hybridized carbons (Fsp3) is 0.217. The minimum Gasteiger partial charge on any atom is -0.464 e. The van der Waals surface area contributed by atoms with Crippen molar-refractivity contribution in [2.75, 3.05) is 24.6 Å². The molecule has 4 aromatic rings. The van der Waals surface area contributed by atoms with Crippen LogP contribution in [0.3, 0.4) is 0 Å². The molecule has 5 rings (SSSR count). The molecule has 0 saturated carbocycles. The smallest absolute Gasteiger partial charge is 0.255 e. The van der Waals surface area contributed by atoms with Gasteiger partial charge in [0.05, 0.1) is 30.8 Å². The van der Waals surface area contributed by atoms with E-state index in [0.717, 1.165) is 16.9 Å². The minimum atomic E-state index is -0.186. The molecule has 8 nitrogen and oxygen atoms in total. The van der Waals surface area contributed by atoms with Crippen LogP contribution in [0, 0.1) is 0 Å². The van der Waals surface area contributed by atoms with Crippen molar-refractivity contribution in [2.45, 2.75) is 6.10 Å². The van der Waals surface area contributed by atoms with E-state index in [1.54, 1.807) is 30.1 Å². The normalized spacial score (nSPS) is 16.4. The topological polar surface area (TPSA) is 86.3 Å². The van der Waals surface area contributed by atoms with Gasteiger partial charge in [-0.05, 0) is 23.8 Å². The highest BCUT2D eigenvalue weighted by Crippen LogP contribution is 2.33. The van der Waals surface area contributed by atoms with Gasteiger partial charge in [-0.2, -0.15) is 0 Å². The van der Waals surface area contributed by atoms with E-state index in [-0.39, 0.29) is 11.7 Å². The zero-order valence-electron chi connectivity index (χ0n) is 17.0. The lowest BCUT2D eigenvalue weighted by Gasteiger charge is -2.35. The van der Waals surface area contributed by atoms with Gasteiger partial charge in [-0.25, -0.2) is 15.0 Å². The second kappa shape index (κ2) is 8.16. The number of ether oxygens (including phenoxy) is 1. The van der Waals surface area contributed by atoms with Gasteiger partial charge in [-0.15, -0.1) is 0 Å². The van der Waals surface area contributed by atoms with E-state index in [1.165, 1.54) is 12.4 Å². The molecule has 0 amide bonds. The second-order valence-electron chi connectivity index (χ2n) is 7.30. The molecule has 1 aromatic carbocycles. The number of anilines is 1. The molecule has 3 aromatic heterocycles. The van der Waals surface area contributed by atoms with Gasteiger partial charge in [0.25, 0.3) is 5.56 Å². The molecule has 1 aliphatic heterocycles. The molecule has 1 atom stereocenters. The predicted octanol–water partition coefficient (Wildman–Crippen LogP) is 3.08. The van der Waals surface area contributed by atoms with Crippen molar-refractivity contribution in [2.24, 2.45) is 7.05 Å². The third-order valence-corrected chi connectivity index (χ3v) is 5.40. The SMILES string of the molecule is Cn1c(N2CCOC(c3ccccc3-c3ccco3)C2)nc(-c2ccncn2)cc1=O. The van der Waals surface area contributed by atoms with E-state index >= 15 is 0 Å². The molecule has 0 bridgehead atoms. The van der Waals surface area contributed by atoms with Gasteiger partial charge in [-0.1, -0.05) is 24.3 Å². The summed E-state index contributed by atoms with van der Waals surface area (Å²) in [6, 6.07) is 15.1. The van der Waals surface area contributed by atoms with Gasteiger partial charge in [0.2, 0.25) is 5.95 Å². The van der Waals surface area contributed by atoms with E-state index in [9.17, 15) is 4.79 Å². The molecular formula is C23H21N5O3. The monoisotopic (exact) mass is 415 g/mol. The number of hydrogen-bond donors (Lipinski definition) is 0. The maximum atomic E-state index is 12.6. The van der Waals surface area contributed by atoms with Crippen LogP contribution in [0.5, 0.6) is 0 Å². The van der Waals surface area contributed by atoms with Gasteiger partial charge in [0.15, 0.2) is 0 Å². The molecule has 156 valence electrons. The summed E-state index contributed by atoms with van der Waals surface area (Å²) in [5.41, 5.74) is 3.04. The summed E-state index contributed by atoms with van der Waals surface area (Å²) in [5.74, 6) is 1.39. The summed E-state index contributed by atoms with van der Waals surface area (Å²) >= 11 is 0. The summed E-state index contributed by atoms with van der Waals surface area (Å²) in [4.78, 5) is 27.7. The van der Waals surface area contributed by atoms with E-state index in [4.69, 9.17) is 14.1 Å². The molecular weight excluding hydrogens is 394 g/mol. The summed E-state index contributed by atoms with van der Waals surface area (Å²) in [7, 11) is 1.73. The summed E-state index contributed by atoms with van der Waals surface area (Å²) in [5, 5.41) is 0. The Morgan fingerprint density at radius 3 is 2.81 bits per heavy atom. The molecule has 8 heteroatoms.